The second kappa shape index (κ2) is 6.36. The fourth-order valence-corrected chi connectivity index (χ4v) is 2.38. The topological polar surface area (TPSA) is 53.2 Å². The molecule has 3 rings (SSSR count). The van der Waals surface area contributed by atoms with Gasteiger partial charge >= 0.3 is 5.69 Å². The molecular formula is C18H16N2O3. The smallest absolute Gasteiger partial charge is 0.335 e. The summed E-state index contributed by atoms with van der Waals surface area (Å²) in [6, 6.07) is 17.8. The van der Waals surface area contributed by atoms with Crippen LogP contribution in [0.4, 0.5) is 0 Å². The molecule has 1 heterocycles. The number of hydrogen-bond donors (Lipinski definition) is 0. The molecule has 0 spiro atoms. The number of nitrogens with zero attached hydrogens (tertiary/aromatic N) is 2. The minimum Gasteiger partial charge on any atom is -0.497 e. The summed E-state index contributed by atoms with van der Waals surface area (Å²) in [6.07, 6.45) is 1.53. The average Bonchev–Trinajstić information content (AvgIpc) is 2.59. The van der Waals surface area contributed by atoms with E-state index in [-0.39, 0.29) is 11.2 Å². The van der Waals surface area contributed by atoms with Gasteiger partial charge in [0.05, 0.1) is 19.3 Å². The van der Waals surface area contributed by atoms with Gasteiger partial charge in [0, 0.05) is 12.3 Å². The number of benzene rings is 2. The van der Waals surface area contributed by atoms with Crippen molar-refractivity contribution in [3.05, 3.63) is 93.3 Å². The van der Waals surface area contributed by atoms with Gasteiger partial charge in [-0.05, 0) is 29.8 Å². The van der Waals surface area contributed by atoms with Crippen LogP contribution in [0.2, 0.25) is 0 Å². The maximum Gasteiger partial charge on any atom is 0.335 e. The molecule has 0 bridgehead atoms. The van der Waals surface area contributed by atoms with E-state index >= 15 is 0 Å². The van der Waals surface area contributed by atoms with Crippen molar-refractivity contribution in [2.24, 2.45) is 0 Å². The first kappa shape index (κ1) is 14.8. The monoisotopic (exact) mass is 308 g/mol. The Balaban J connectivity index is 2.05. The Labute approximate surface area is 133 Å². The Morgan fingerprint density at radius 1 is 0.913 bits per heavy atom. The number of aromatic nitrogens is 2. The van der Waals surface area contributed by atoms with E-state index in [1.807, 2.05) is 30.3 Å². The van der Waals surface area contributed by atoms with Crippen LogP contribution in [0.3, 0.4) is 0 Å². The molecule has 5 nitrogen and oxygen atoms in total. The molecule has 1 aromatic heterocycles. The first-order valence-electron chi connectivity index (χ1n) is 7.20. The van der Waals surface area contributed by atoms with Crippen molar-refractivity contribution in [2.75, 3.05) is 7.11 Å². The molecule has 0 saturated carbocycles. The maximum atomic E-state index is 12.6. The van der Waals surface area contributed by atoms with E-state index in [0.29, 0.717) is 18.0 Å². The zero-order valence-corrected chi connectivity index (χ0v) is 12.7. The van der Waals surface area contributed by atoms with Gasteiger partial charge in [0.1, 0.15) is 5.75 Å². The molecule has 0 unspecified atom stereocenters. The predicted molar refractivity (Wildman–Crippen MR) is 88.4 cm³/mol. The number of methoxy groups -OCH3 is 1. The third-order valence-corrected chi connectivity index (χ3v) is 3.58. The van der Waals surface area contributed by atoms with E-state index in [9.17, 15) is 9.59 Å². The molecule has 116 valence electrons. The third-order valence-electron chi connectivity index (χ3n) is 3.58. The molecule has 5 heteroatoms. The first-order chi connectivity index (χ1) is 11.2. The summed E-state index contributed by atoms with van der Waals surface area (Å²) in [5.41, 5.74) is 0.786. The molecular weight excluding hydrogens is 292 g/mol. The van der Waals surface area contributed by atoms with Gasteiger partial charge in [-0.25, -0.2) is 9.36 Å². The van der Waals surface area contributed by atoms with Crippen molar-refractivity contribution in [3.63, 3.8) is 0 Å². The second-order valence-corrected chi connectivity index (χ2v) is 5.08. The Bertz CT molecular complexity index is 909. The molecule has 0 fully saturated rings. The van der Waals surface area contributed by atoms with Gasteiger partial charge in [-0.15, -0.1) is 0 Å². The standard InChI is InChI=1S/C18H16N2O3/c1-23-16-9-7-15(8-10-16)20-17(21)11-12-19(18(20)22)13-14-5-3-2-4-6-14/h2-12H,13H2,1H3. The van der Waals surface area contributed by atoms with Gasteiger partial charge in [0.15, 0.2) is 0 Å². The zero-order chi connectivity index (χ0) is 16.2. The molecule has 0 aliphatic carbocycles. The molecule has 2 aromatic carbocycles. The molecule has 0 radical (unpaired) electrons. The van der Waals surface area contributed by atoms with Crippen LogP contribution >= 0.6 is 0 Å². The summed E-state index contributed by atoms with van der Waals surface area (Å²) in [5.74, 6) is 0.669. The Morgan fingerprint density at radius 2 is 1.61 bits per heavy atom. The number of rotatable bonds is 4. The van der Waals surface area contributed by atoms with E-state index in [0.717, 1.165) is 10.1 Å². The first-order valence-corrected chi connectivity index (χ1v) is 7.20. The van der Waals surface area contributed by atoms with E-state index in [2.05, 4.69) is 0 Å². The van der Waals surface area contributed by atoms with Crippen LogP contribution in [0.1, 0.15) is 5.56 Å². The fourth-order valence-electron chi connectivity index (χ4n) is 2.38. The van der Waals surface area contributed by atoms with Crippen molar-refractivity contribution in [3.8, 4) is 11.4 Å². The largest absolute Gasteiger partial charge is 0.497 e. The number of hydrogen-bond acceptors (Lipinski definition) is 3. The van der Waals surface area contributed by atoms with E-state index < -0.39 is 0 Å². The lowest BCUT2D eigenvalue weighted by Crippen LogP contribution is -2.37. The molecule has 0 aliphatic heterocycles. The normalized spacial score (nSPS) is 10.5. The third kappa shape index (κ3) is 3.08. The Hall–Kier alpha value is -3.08. The maximum absolute atomic E-state index is 12.6. The lowest BCUT2D eigenvalue weighted by atomic mass is 10.2. The molecule has 0 aliphatic rings. The number of ether oxygens (including phenoxy) is 1. The van der Waals surface area contributed by atoms with Gasteiger partial charge in [0.25, 0.3) is 5.56 Å². The van der Waals surface area contributed by atoms with Gasteiger partial charge < -0.3 is 4.74 Å². The van der Waals surface area contributed by atoms with Gasteiger partial charge in [-0.2, -0.15) is 0 Å². The highest BCUT2D eigenvalue weighted by Crippen LogP contribution is 2.12. The minimum atomic E-state index is -0.369. The summed E-state index contributed by atoms with van der Waals surface area (Å²) in [5, 5.41) is 0. The van der Waals surface area contributed by atoms with Gasteiger partial charge in [-0.1, -0.05) is 30.3 Å². The summed E-state index contributed by atoms with van der Waals surface area (Å²) < 4.78 is 7.77. The van der Waals surface area contributed by atoms with E-state index in [1.165, 1.54) is 16.8 Å². The highest BCUT2D eigenvalue weighted by atomic mass is 16.5. The quantitative estimate of drug-likeness (QED) is 0.741. The summed E-state index contributed by atoms with van der Waals surface area (Å²) in [7, 11) is 1.57. The molecule has 0 N–H and O–H groups in total. The lowest BCUT2D eigenvalue weighted by Gasteiger charge is -2.10. The van der Waals surface area contributed by atoms with E-state index in [1.54, 1.807) is 31.4 Å². The minimum absolute atomic E-state index is 0.357. The lowest BCUT2D eigenvalue weighted by molar-refractivity contribution is 0.414. The van der Waals surface area contributed by atoms with Gasteiger partial charge in [0.2, 0.25) is 0 Å². The summed E-state index contributed by atoms with van der Waals surface area (Å²) >= 11 is 0. The fraction of sp³-hybridized carbons (Fsp3) is 0.111. The van der Waals surface area contributed by atoms with Crippen molar-refractivity contribution < 1.29 is 4.74 Å². The Kier molecular flexibility index (Phi) is 4.10. The van der Waals surface area contributed by atoms with Crippen molar-refractivity contribution in [1.29, 1.82) is 0 Å². The van der Waals surface area contributed by atoms with Crippen LogP contribution in [-0.4, -0.2) is 16.2 Å². The second-order valence-electron chi connectivity index (χ2n) is 5.08. The average molecular weight is 308 g/mol. The van der Waals surface area contributed by atoms with Crippen LogP contribution in [-0.2, 0) is 6.54 Å². The molecule has 0 atom stereocenters. The van der Waals surface area contributed by atoms with Crippen molar-refractivity contribution in [1.82, 2.24) is 9.13 Å². The zero-order valence-electron chi connectivity index (χ0n) is 12.7. The highest BCUT2D eigenvalue weighted by Gasteiger charge is 2.08. The summed E-state index contributed by atoms with van der Waals surface area (Å²) in [4.78, 5) is 24.8. The predicted octanol–water partition coefficient (Wildman–Crippen LogP) is 2.06. The molecule has 23 heavy (non-hydrogen) atoms. The summed E-state index contributed by atoms with van der Waals surface area (Å²) in [6.45, 7) is 0.413. The van der Waals surface area contributed by atoms with Crippen molar-refractivity contribution in [2.45, 2.75) is 6.54 Å². The SMILES string of the molecule is COc1ccc(-n2c(=O)ccn(Cc3ccccc3)c2=O)cc1. The van der Waals surface area contributed by atoms with E-state index in [4.69, 9.17) is 4.74 Å². The molecule has 3 aromatic rings. The van der Waals surface area contributed by atoms with Crippen LogP contribution in [0.5, 0.6) is 5.75 Å². The molecule has 0 amide bonds. The van der Waals surface area contributed by atoms with Crippen LogP contribution < -0.4 is 16.0 Å². The Morgan fingerprint density at radius 3 is 2.26 bits per heavy atom. The van der Waals surface area contributed by atoms with Crippen LogP contribution in [0.25, 0.3) is 5.69 Å². The van der Waals surface area contributed by atoms with Gasteiger partial charge in [-0.3, -0.25) is 9.36 Å². The highest BCUT2D eigenvalue weighted by molar-refractivity contribution is 5.37. The van der Waals surface area contributed by atoms with Crippen molar-refractivity contribution >= 4 is 0 Å². The van der Waals surface area contributed by atoms with Crippen LogP contribution in [0, 0.1) is 0 Å². The van der Waals surface area contributed by atoms with Crippen LogP contribution in [0.15, 0.2) is 76.4 Å². The molecule has 0 saturated heterocycles.